The highest BCUT2D eigenvalue weighted by Gasteiger charge is 2.45. The van der Waals surface area contributed by atoms with Gasteiger partial charge in [-0.1, -0.05) is 30.7 Å². The van der Waals surface area contributed by atoms with Crippen molar-refractivity contribution in [3.8, 4) is 0 Å². The van der Waals surface area contributed by atoms with Gasteiger partial charge in [0.15, 0.2) is 0 Å². The van der Waals surface area contributed by atoms with Crippen molar-refractivity contribution < 1.29 is 23.9 Å². The Bertz CT molecular complexity index is 884. The zero-order valence-electron chi connectivity index (χ0n) is 21.3. The van der Waals surface area contributed by atoms with Crippen LogP contribution in [-0.4, -0.2) is 42.8 Å². The van der Waals surface area contributed by atoms with E-state index in [0.717, 1.165) is 24.8 Å². The minimum atomic E-state index is -0.724. The molecule has 1 unspecified atom stereocenters. The number of hydrogen-bond donors (Lipinski definition) is 2. The SMILES string of the molecule is CCCOC(=O)C1CCC(C(NC(=O)OC(C)(C)C)C(=O)NCC2(c3ccc(Cl)cc3)CC2)CC1. The second kappa shape index (κ2) is 11.6. The van der Waals surface area contributed by atoms with Crippen LogP contribution >= 0.6 is 11.6 Å². The van der Waals surface area contributed by atoms with Crippen molar-refractivity contribution >= 4 is 29.6 Å². The lowest BCUT2D eigenvalue weighted by atomic mass is 9.78. The van der Waals surface area contributed by atoms with Gasteiger partial charge >= 0.3 is 12.1 Å². The Hall–Kier alpha value is -2.28. The molecule has 2 saturated carbocycles. The highest BCUT2D eigenvalue weighted by molar-refractivity contribution is 6.30. The van der Waals surface area contributed by atoms with Crippen molar-refractivity contribution in [3.05, 3.63) is 34.9 Å². The number of esters is 1. The van der Waals surface area contributed by atoms with Crippen LogP contribution in [0.25, 0.3) is 0 Å². The Kier molecular flexibility index (Phi) is 9.08. The second-order valence-electron chi connectivity index (χ2n) is 10.9. The zero-order valence-corrected chi connectivity index (χ0v) is 22.1. The fourth-order valence-electron chi connectivity index (χ4n) is 4.73. The fourth-order valence-corrected chi connectivity index (χ4v) is 4.85. The smallest absolute Gasteiger partial charge is 0.408 e. The maximum absolute atomic E-state index is 13.4. The third-order valence-corrected chi connectivity index (χ3v) is 7.14. The van der Waals surface area contributed by atoms with E-state index in [1.165, 1.54) is 0 Å². The summed E-state index contributed by atoms with van der Waals surface area (Å²) in [5.74, 6) is -0.607. The number of rotatable bonds is 9. The van der Waals surface area contributed by atoms with E-state index in [4.69, 9.17) is 21.1 Å². The maximum Gasteiger partial charge on any atom is 0.408 e. The molecular weight excluding hydrogens is 468 g/mol. The average Bonchev–Trinajstić information content (AvgIpc) is 3.60. The number of carbonyl (C=O) groups excluding carboxylic acids is 3. The van der Waals surface area contributed by atoms with Crippen molar-refractivity contribution in [2.45, 2.75) is 89.7 Å². The minimum absolute atomic E-state index is 0.0802. The topological polar surface area (TPSA) is 93.7 Å². The Balaban J connectivity index is 1.64. The molecule has 194 valence electrons. The summed E-state index contributed by atoms with van der Waals surface area (Å²) in [6, 6.07) is 7.04. The highest BCUT2D eigenvalue weighted by Crippen LogP contribution is 2.47. The lowest BCUT2D eigenvalue weighted by molar-refractivity contribution is -0.150. The van der Waals surface area contributed by atoms with E-state index >= 15 is 0 Å². The van der Waals surface area contributed by atoms with Gasteiger partial charge in [-0.15, -0.1) is 0 Å². The number of ether oxygens (including phenoxy) is 2. The van der Waals surface area contributed by atoms with Gasteiger partial charge < -0.3 is 20.1 Å². The summed E-state index contributed by atoms with van der Waals surface area (Å²) in [5, 5.41) is 6.60. The Morgan fingerprint density at radius 3 is 2.26 bits per heavy atom. The van der Waals surface area contributed by atoms with Crippen molar-refractivity contribution in [2.24, 2.45) is 11.8 Å². The van der Waals surface area contributed by atoms with Crippen LogP contribution in [0.5, 0.6) is 0 Å². The van der Waals surface area contributed by atoms with Gasteiger partial charge in [0.1, 0.15) is 11.6 Å². The van der Waals surface area contributed by atoms with Crippen LogP contribution in [0.1, 0.15) is 78.2 Å². The zero-order chi connectivity index (χ0) is 25.6. The predicted molar refractivity (Wildman–Crippen MR) is 135 cm³/mol. The molecule has 0 bridgehead atoms. The Morgan fingerprint density at radius 2 is 1.71 bits per heavy atom. The molecule has 0 saturated heterocycles. The molecule has 2 aliphatic rings. The third-order valence-electron chi connectivity index (χ3n) is 6.89. The van der Waals surface area contributed by atoms with Crippen LogP contribution in [0.2, 0.25) is 5.02 Å². The summed E-state index contributed by atoms with van der Waals surface area (Å²) in [5.41, 5.74) is 0.403. The first kappa shape index (κ1) is 27.3. The van der Waals surface area contributed by atoms with Crippen LogP contribution in [0.15, 0.2) is 24.3 Å². The molecule has 2 amide bonds. The van der Waals surface area contributed by atoms with Gasteiger partial charge in [0.05, 0.1) is 12.5 Å². The van der Waals surface area contributed by atoms with E-state index in [2.05, 4.69) is 10.6 Å². The van der Waals surface area contributed by atoms with Crippen molar-refractivity contribution in [2.75, 3.05) is 13.2 Å². The molecule has 1 aromatic rings. The first-order valence-corrected chi connectivity index (χ1v) is 13.1. The summed E-state index contributed by atoms with van der Waals surface area (Å²) in [6.07, 6.45) is 4.75. The first-order valence-electron chi connectivity index (χ1n) is 12.7. The molecule has 2 N–H and O–H groups in total. The Labute approximate surface area is 213 Å². The van der Waals surface area contributed by atoms with Gasteiger partial charge in [0, 0.05) is 17.0 Å². The number of amides is 2. The van der Waals surface area contributed by atoms with Crippen molar-refractivity contribution in [1.82, 2.24) is 10.6 Å². The Morgan fingerprint density at radius 1 is 1.09 bits per heavy atom. The quantitative estimate of drug-likeness (QED) is 0.452. The molecule has 0 spiro atoms. The number of alkyl carbamates (subject to hydrolysis) is 1. The summed E-state index contributed by atoms with van der Waals surface area (Å²) in [4.78, 5) is 38.2. The fraction of sp³-hybridized carbons (Fsp3) is 0.667. The monoisotopic (exact) mass is 506 g/mol. The van der Waals surface area contributed by atoms with Gasteiger partial charge in [-0.05, 0) is 89.3 Å². The molecular formula is C27H39ClN2O5. The van der Waals surface area contributed by atoms with Crippen LogP contribution in [0.3, 0.4) is 0 Å². The van der Waals surface area contributed by atoms with E-state index in [9.17, 15) is 14.4 Å². The van der Waals surface area contributed by atoms with Gasteiger partial charge in [-0.3, -0.25) is 9.59 Å². The van der Waals surface area contributed by atoms with Gasteiger partial charge in [0.25, 0.3) is 0 Å². The molecule has 2 aliphatic carbocycles. The van der Waals surface area contributed by atoms with Crippen LogP contribution in [-0.2, 0) is 24.5 Å². The van der Waals surface area contributed by atoms with E-state index in [1.54, 1.807) is 20.8 Å². The number of hydrogen-bond acceptors (Lipinski definition) is 5. The standard InChI is InChI=1S/C27H39ClN2O5/c1-5-16-34-24(32)19-8-6-18(7-9-19)22(30-25(33)35-26(2,3)4)23(31)29-17-27(14-15-27)20-10-12-21(28)13-11-20/h10-13,18-19,22H,5-9,14-17H2,1-4H3,(H,29,31)(H,30,33). The molecule has 0 radical (unpaired) electrons. The van der Waals surface area contributed by atoms with E-state index in [0.29, 0.717) is 43.9 Å². The van der Waals surface area contributed by atoms with Gasteiger partial charge in [-0.2, -0.15) is 0 Å². The summed E-state index contributed by atoms with van der Waals surface area (Å²) < 4.78 is 10.7. The molecule has 0 aromatic heterocycles. The highest BCUT2D eigenvalue weighted by atomic mass is 35.5. The molecule has 0 heterocycles. The summed E-state index contributed by atoms with van der Waals surface area (Å²) in [6.45, 7) is 8.26. The molecule has 8 heteroatoms. The number of nitrogens with one attached hydrogen (secondary N) is 2. The molecule has 0 aliphatic heterocycles. The molecule has 1 atom stereocenters. The molecule has 3 rings (SSSR count). The lowest BCUT2D eigenvalue weighted by Gasteiger charge is -2.33. The van der Waals surface area contributed by atoms with E-state index < -0.39 is 17.7 Å². The summed E-state index contributed by atoms with van der Waals surface area (Å²) in [7, 11) is 0. The minimum Gasteiger partial charge on any atom is -0.465 e. The largest absolute Gasteiger partial charge is 0.465 e. The van der Waals surface area contributed by atoms with Gasteiger partial charge in [0.2, 0.25) is 5.91 Å². The molecule has 2 fully saturated rings. The average molecular weight is 507 g/mol. The normalized spacial score (nSPS) is 22.0. The van der Waals surface area contributed by atoms with Gasteiger partial charge in [-0.25, -0.2) is 4.79 Å². The first-order chi connectivity index (χ1) is 16.5. The molecule has 35 heavy (non-hydrogen) atoms. The number of benzene rings is 1. The second-order valence-corrected chi connectivity index (χ2v) is 11.3. The molecule has 1 aromatic carbocycles. The number of halogens is 1. The maximum atomic E-state index is 13.4. The van der Waals surface area contributed by atoms with E-state index in [-0.39, 0.29) is 29.1 Å². The van der Waals surface area contributed by atoms with Crippen LogP contribution in [0, 0.1) is 11.8 Å². The van der Waals surface area contributed by atoms with Crippen LogP contribution in [0.4, 0.5) is 4.79 Å². The lowest BCUT2D eigenvalue weighted by Crippen LogP contribution is -2.53. The third kappa shape index (κ3) is 7.86. The summed E-state index contributed by atoms with van der Waals surface area (Å²) >= 11 is 6.04. The van der Waals surface area contributed by atoms with Crippen LogP contribution < -0.4 is 10.6 Å². The molecule has 7 nitrogen and oxygen atoms in total. The van der Waals surface area contributed by atoms with E-state index in [1.807, 2.05) is 31.2 Å². The predicted octanol–water partition coefficient (Wildman–Crippen LogP) is 5.14. The van der Waals surface area contributed by atoms with Crippen molar-refractivity contribution in [1.29, 1.82) is 0 Å². The number of carbonyl (C=O) groups is 3. The van der Waals surface area contributed by atoms with Crippen molar-refractivity contribution in [3.63, 3.8) is 0 Å².